The van der Waals surface area contributed by atoms with Crippen LogP contribution in [0.5, 0.6) is 0 Å². The van der Waals surface area contributed by atoms with Gasteiger partial charge in [0.1, 0.15) is 0 Å². The number of rotatable bonds is 4. The van der Waals surface area contributed by atoms with Crippen molar-refractivity contribution in [2.75, 3.05) is 18.4 Å². The first-order chi connectivity index (χ1) is 14.5. The van der Waals surface area contributed by atoms with Crippen LogP contribution in [0, 0.1) is 6.92 Å². The number of carbonyl (C=O) groups is 2. The third kappa shape index (κ3) is 4.40. The van der Waals surface area contributed by atoms with Crippen molar-refractivity contribution in [1.29, 1.82) is 0 Å². The molecule has 7 nitrogen and oxygen atoms in total. The van der Waals surface area contributed by atoms with E-state index in [9.17, 15) is 9.59 Å². The van der Waals surface area contributed by atoms with Gasteiger partial charge in [0.25, 0.3) is 5.91 Å². The average Bonchev–Trinajstić information content (AvgIpc) is 3.24. The highest BCUT2D eigenvalue weighted by molar-refractivity contribution is 5.94. The number of piperidine rings is 1. The van der Waals surface area contributed by atoms with Crippen LogP contribution in [0.25, 0.3) is 11.4 Å². The Hall–Kier alpha value is -3.48. The highest BCUT2D eigenvalue weighted by Gasteiger charge is 2.29. The standard InChI is InChI=1S/C23H24N4O3/c1-15-5-3-6-18(13-15)23(29)27-12-4-7-19(14-27)22-25-21(26-30-22)17-8-10-20(11-9-17)24-16(2)28/h3,5-6,8-11,13,19H,4,7,12,14H2,1-2H3,(H,24,28)/t19-/m1/s1. The minimum atomic E-state index is -0.119. The van der Waals surface area contributed by atoms with E-state index in [0.717, 1.165) is 30.5 Å². The average molecular weight is 404 g/mol. The molecular weight excluding hydrogens is 380 g/mol. The predicted octanol–water partition coefficient (Wildman–Crippen LogP) is 4.02. The van der Waals surface area contributed by atoms with Crippen molar-refractivity contribution < 1.29 is 14.1 Å². The topological polar surface area (TPSA) is 88.3 Å². The predicted molar refractivity (Wildman–Crippen MR) is 113 cm³/mol. The fourth-order valence-electron chi connectivity index (χ4n) is 3.75. The lowest BCUT2D eigenvalue weighted by atomic mass is 9.97. The first-order valence-electron chi connectivity index (χ1n) is 10.1. The van der Waals surface area contributed by atoms with Gasteiger partial charge in [-0.2, -0.15) is 4.98 Å². The third-order valence-corrected chi connectivity index (χ3v) is 5.23. The van der Waals surface area contributed by atoms with Crippen molar-refractivity contribution in [3.8, 4) is 11.4 Å². The van der Waals surface area contributed by atoms with E-state index in [-0.39, 0.29) is 17.7 Å². The van der Waals surface area contributed by atoms with Crippen LogP contribution >= 0.6 is 0 Å². The van der Waals surface area contributed by atoms with Crippen molar-refractivity contribution in [1.82, 2.24) is 15.0 Å². The molecule has 1 aliphatic heterocycles. The van der Waals surface area contributed by atoms with Gasteiger partial charge in [-0.3, -0.25) is 9.59 Å². The van der Waals surface area contributed by atoms with E-state index in [1.54, 1.807) is 12.1 Å². The van der Waals surface area contributed by atoms with Crippen molar-refractivity contribution in [3.05, 3.63) is 65.5 Å². The van der Waals surface area contributed by atoms with Gasteiger partial charge < -0.3 is 14.7 Å². The van der Waals surface area contributed by atoms with Crippen LogP contribution in [-0.2, 0) is 4.79 Å². The summed E-state index contributed by atoms with van der Waals surface area (Å²) in [5.41, 5.74) is 3.30. The Balaban J connectivity index is 1.46. The van der Waals surface area contributed by atoms with Gasteiger partial charge >= 0.3 is 0 Å². The summed E-state index contributed by atoms with van der Waals surface area (Å²) < 4.78 is 5.54. The molecule has 1 saturated heterocycles. The van der Waals surface area contributed by atoms with Gasteiger partial charge in [-0.15, -0.1) is 0 Å². The Labute approximate surface area is 175 Å². The van der Waals surface area contributed by atoms with Crippen LogP contribution in [0.1, 0.15) is 47.5 Å². The van der Waals surface area contributed by atoms with Gasteiger partial charge in [0.15, 0.2) is 0 Å². The van der Waals surface area contributed by atoms with Gasteiger partial charge in [0, 0.05) is 36.8 Å². The van der Waals surface area contributed by atoms with Gasteiger partial charge in [-0.1, -0.05) is 22.9 Å². The summed E-state index contributed by atoms with van der Waals surface area (Å²) in [7, 11) is 0. The summed E-state index contributed by atoms with van der Waals surface area (Å²) in [6, 6.07) is 15.0. The summed E-state index contributed by atoms with van der Waals surface area (Å²) in [6.45, 7) is 4.75. The molecule has 1 aliphatic rings. The molecule has 3 aromatic rings. The Kier molecular flexibility index (Phi) is 5.61. The van der Waals surface area contributed by atoms with Crippen LogP contribution < -0.4 is 5.32 Å². The molecule has 1 atom stereocenters. The molecule has 0 radical (unpaired) electrons. The highest BCUT2D eigenvalue weighted by atomic mass is 16.5. The number of hydrogen-bond donors (Lipinski definition) is 1. The fraction of sp³-hybridized carbons (Fsp3) is 0.304. The molecule has 0 saturated carbocycles. The number of nitrogens with zero attached hydrogens (tertiary/aromatic N) is 3. The van der Waals surface area contributed by atoms with Gasteiger partial charge in [0.2, 0.25) is 17.6 Å². The third-order valence-electron chi connectivity index (χ3n) is 5.23. The molecule has 0 spiro atoms. The molecule has 0 aliphatic carbocycles. The minimum absolute atomic E-state index is 0.0208. The van der Waals surface area contributed by atoms with Crippen LogP contribution in [0.2, 0.25) is 0 Å². The molecular formula is C23H24N4O3. The second-order valence-electron chi connectivity index (χ2n) is 7.67. The quantitative estimate of drug-likeness (QED) is 0.709. The van der Waals surface area contributed by atoms with Crippen LogP contribution in [0.4, 0.5) is 5.69 Å². The van der Waals surface area contributed by atoms with Gasteiger partial charge in [0.05, 0.1) is 5.92 Å². The Morgan fingerprint density at radius 1 is 1.17 bits per heavy atom. The van der Waals surface area contributed by atoms with E-state index < -0.39 is 0 Å². The lowest BCUT2D eigenvalue weighted by Gasteiger charge is -2.31. The number of aryl methyl sites for hydroxylation is 1. The minimum Gasteiger partial charge on any atom is -0.339 e. The number of anilines is 1. The molecule has 2 amide bonds. The summed E-state index contributed by atoms with van der Waals surface area (Å²) in [4.78, 5) is 30.5. The number of benzene rings is 2. The SMILES string of the molecule is CC(=O)Nc1ccc(-c2noc([C@@H]3CCCN(C(=O)c4cccc(C)c4)C3)n2)cc1. The second kappa shape index (κ2) is 8.49. The number of nitrogens with one attached hydrogen (secondary N) is 1. The normalized spacial score (nSPS) is 16.3. The zero-order valence-electron chi connectivity index (χ0n) is 17.1. The van der Waals surface area contributed by atoms with E-state index in [0.29, 0.717) is 29.5 Å². The van der Waals surface area contributed by atoms with Crippen LogP contribution in [0.3, 0.4) is 0 Å². The summed E-state index contributed by atoms with van der Waals surface area (Å²) >= 11 is 0. The molecule has 30 heavy (non-hydrogen) atoms. The maximum Gasteiger partial charge on any atom is 0.253 e. The van der Waals surface area contributed by atoms with Gasteiger partial charge in [-0.25, -0.2) is 0 Å². The molecule has 0 bridgehead atoms. The molecule has 154 valence electrons. The Bertz CT molecular complexity index is 1060. The summed E-state index contributed by atoms with van der Waals surface area (Å²) in [5, 5.41) is 6.85. The number of amides is 2. The highest BCUT2D eigenvalue weighted by Crippen LogP contribution is 2.28. The number of likely N-dealkylation sites (tertiary alicyclic amines) is 1. The smallest absolute Gasteiger partial charge is 0.253 e. The number of carbonyl (C=O) groups excluding carboxylic acids is 2. The molecule has 4 rings (SSSR count). The monoisotopic (exact) mass is 404 g/mol. The zero-order chi connectivity index (χ0) is 21.1. The van der Waals surface area contributed by atoms with Crippen LogP contribution in [-0.4, -0.2) is 39.9 Å². The summed E-state index contributed by atoms with van der Waals surface area (Å²) in [6.07, 6.45) is 1.80. The molecule has 7 heteroatoms. The maximum absolute atomic E-state index is 12.9. The Morgan fingerprint density at radius 3 is 2.70 bits per heavy atom. The second-order valence-corrected chi connectivity index (χ2v) is 7.67. The maximum atomic E-state index is 12.9. The molecule has 2 heterocycles. The first kappa shape index (κ1) is 19.8. The van der Waals surface area contributed by atoms with E-state index in [1.165, 1.54) is 6.92 Å². The van der Waals surface area contributed by atoms with Crippen molar-refractivity contribution in [2.24, 2.45) is 0 Å². The van der Waals surface area contributed by atoms with Crippen LogP contribution in [0.15, 0.2) is 53.1 Å². The fourth-order valence-corrected chi connectivity index (χ4v) is 3.75. The zero-order valence-corrected chi connectivity index (χ0v) is 17.1. The van der Waals surface area contributed by atoms with E-state index in [1.807, 2.05) is 48.2 Å². The molecule has 1 fully saturated rings. The molecule has 1 aromatic heterocycles. The summed E-state index contributed by atoms with van der Waals surface area (Å²) in [5.74, 6) is 0.995. The van der Waals surface area contributed by atoms with Crippen molar-refractivity contribution in [2.45, 2.75) is 32.6 Å². The lowest BCUT2D eigenvalue weighted by Crippen LogP contribution is -2.39. The molecule has 1 N–H and O–H groups in total. The number of hydrogen-bond acceptors (Lipinski definition) is 5. The largest absolute Gasteiger partial charge is 0.339 e. The molecule has 2 aromatic carbocycles. The van der Waals surface area contributed by atoms with E-state index >= 15 is 0 Å². The molecule has 0 unspecified atom stereocenters. The van der Waals surface area contributed by atoms with E-state index in [4.69, 9.17) is 4.52 Å². The lowest BCUT2D eigenvalue weighted by molar-refractivity contribution is -0.114. The van der Waals surface area contributed by atoms with E-state index in [2.05, 4.69) is 15.5 Å². The number of aromatic nitrogens is 2. The Morgan fingerprint density at radius 2 is 1.97 bits per heavy atom. The van der Waals surface area contributed by atoms with Crippen molar-refractivity contribution in [3.63, 3.8) is 0 Å². The van der Waals surface area contributed by atoms with Gasteiger partial charge in [-0.05, 0) is 56.2 Å². The van der Waals surface area contributed by atoms with Crippen molar-refractivity contribution >= 4 is 17.5 Å². The first-order valence-corrected chi connectivity index (χ1v) is 10.1.